The summed E-state index contributed by atoms with van der Waals surface area (Å²) in [5.74, 6) is -1.61. The monoisotopic (exact) mass is 345 g/mol. The molecule has 2 N–H and O–H groups in total. The van der Waals surface area contributed by atoms with Crippen LogP contribution in [0.1, 0.15) is 21.5 Å². The number of ether oxygens (including phenoxy) is 1. The van der Waals surface area contributed by atoms with Crippen LogP contribution in [-0.4, -0.2) is 27.5 Å². The number of carbonyl (C=O) groups excluding carboxylic acids is 2. The highest BCUT2D eigenvalue weighted by Crippen LogP contribution is 2.07. The van der Waals surface area contributed by atoms with Gasteiger partial charge in [0.05, 0.1) is 6.42 Å². The molecule has 0 bridgehead atoms. The molecule has 25 heavy (non-hydrogen) atoms. The highest BCUT2D eigenvalue weighted by Gasteiger charge is 2.21. The molecule has 0 radical (unpaired) electrons. The number of nitrogen functional groups attached to an aromatic ring is 1. The minimum absolute atomic E-state index is 0.00826. The fraction of sp³-hybridized carbons (Fsp3) is 0.294. The molecule has 1 aromatic carbocycles. The molecule has 0 saturated carbocycles. The van der Waals surface area contributed by atoms with E-state index in [0.29, 0.717) is 0 Å². The number of carbonyl (C=O) groups is 2. The van der Waals surface area contributed by atoms with Crippen molar-refractivity contribution in [2.75, 3.05) is 12.3 Å². The normalized spacial score (nSPS) is 10.5. The first-order valence-corrected chi connectivity index (χ1v) is 7.52. The van der Waals surface area contributed by atoms with E-state index in [1.54, 1.807) is 12.1 Å². The van der Waals surface area contributed by atoms with Crippen LogP contribution in [0.15, 0.2) is 33.9 Å². The van der Waals surface area contributed by atoms with Crippen molar-refractivity contribution in [2.45, 2.75) is 13.3 Å². The molecule has 0 aliphatic carbocycles. The molecule has 1 heterocycles. The summed E-state index contributed by atoms with van der Waals surface area (Å²) in [5, 5.41) is 0. The number of nitrogens with zero attached hydrogens (tertiary/aromatic N) is 2. The molecular formula is C17H19N3O5. The summed E-state index contributed by atoms with van der Waals surface area (Å²) in [6, 6.07) is 7.31. The number of aromatic nitrogens is 2. The third-order valence-electron chi connectivity index (χ3n) is 3.82. The van der Waals surface area contributed by atoms with Gasteiger partial charge in [-0.2, -0.15) is 0 Å². The van der Waals surface area contributed by atoms with E-state index < -0.39 is 29.6 Å². The first-order chi connectivity index (χ1) is 11.7. The summed E-state index contributed by atoms with van der Waals surface area (Å²) < 4.78 is 6.70. The molecule has 0 atom stereocenters. The summed E-state index contributed by atoms with van der Waals surface area (Å²) in [6.07, 6.45) is 0.00826. The molecule has 2 aromatic rings. The molecule has 0 fully saturated rings. The third kappa shape index (κ3) is 3.85. The Morgan fingerprint density at radius 3 is 2.28 bits per heavy atom. The Morgan fingerprint density at radius 2 is 1.68 bits per heavy atom. The summed E-state index contributed by atoms with van der Waals surface area (Å²) in [7, 11) is 2.58. The number of hydrogen-bond donors (Lipinski definition) is 1. The minimum atomic E-state index is -0.819. The smallest absolute Gasteiger partial charge is 0.332 e. The van der Waals surface area contributed by atoms with E-state index in [9.17, 15) is 19.2 Å². The zero-order valence-corrected chi connectivity index (χ0v) is 14.2. The molecule has 0 aliphatic rings. The second kappa shape index (κ2) is 7.16. The van der Waals surface area contributed by atoms with Crippen LogP contribution in [0.3, 0.4) is 0 Å². The fourth-order valence-corrected chi connectivity index (χ4v) is 2.26. The number of hydrogen-bond acceptors (Lipinski definition) is 6. The molecule has 132 valence electrons. The number of anilines is 1. The average Bonchev–Trinajstić information content (AvgIpc) is 2.58. The predicted molar refractivity (Wildman–Crippen MR) is 91.5 cm³/mol. The molecule has 0 saturated heterocycles. The van der Waals surface area contributed by atoms with Gasteiger partial charge in [0.1, 0.15) is 11.4 Å². The lowest BCUT2D eigenvalue weighted by atomic mass is 10.1. The van der Waals surface area contributed by atoms with E-state index in [1.165, 1.54) is 14.1 Å². The van der Waals surface area contributed by atoms with Crippen LogP contribution in [0.25, 0.3) is 0 Å². The standard InChI is InChI=1S/C17H19N3O5/c1-10-4-6-11(7-5-10)8-13(22)25-9-12(21)14-15(18)19(2)17(24)20(3)16(14)23/h4-7H,8-9,18H2,1-3H3. The van der Waals surface area contributed by atoms with Gasteiger partial charge in [0, 0.05) is 14.1 Å². The maximum absolute atomic E-state index is 12.2. The van der Waals surface area contributed by atoms with Crippen molar-refractivity contribution in [1.82, 2.24) is 9.13 Å². The number of esters is 1. The summed E-state index contributed by atoms with van der Waals surface area (Å²) in [4.78, 5) is 47.9. The molecule has 8 heteroatoms. The Balaban J connectivity index is 2.10. The van der Waals surface area contributed by atoms with Crippen molar-refractivity contribution in [1.29, 1.82) is 0 Å². The molecule has 1 aromatic heterocycles. The van der Waals surface area contributed by atoms with Gasteiger partial charge in [-0.25, -0.2) is 4.79 Å². The number of aryl methyl sites for hydroxylation is 1. The topological polar surface area (TPSA) is 113 Å². The predicted octanol–water partition coefficient (Wildman–Crippen LogP) is -0.0568. The molecule has 0 amide bonds. The van der Waals surface area contributed by atoms with Crippen LogP contribution < -0.4 is 17.0 Å². The van der Waals surface area contributed by atoms with Gasteiger partial charge in [-0.3, -0.25) is 23.5 Å². The van der Waals surface area contributed by atoms with E-state index in [0.717, 1.165) is 20.3 Å². The van der Waals surface area contributed by atoms with Crippen molar-refractivity contribution in [3.63, 3.8) is 0 Å². The fourth-order valence-electron chi connectivity index (χ4n) is 2.26. The molecular weight excluding hydrogens is 326 g/mol. The van der Waals surface area contributed by atoms with Gasteiger partial charge in [0.25, 0.3) is 5.56 Å². The van der Waals surface area contributed by atoms with Crippen molar-refractivity contribution in [3.8, 4) is 0 Å². The zero-order chi connectivity index (χ0) is 18.7. The first-order valence-electron chi connectivity index (χ1n) is 7.52. The maximum Gasteiger partial charge on any atom is 0.332 e. The lowest BCUT2D eigenvalue weighted by Gasteiger charge is -2.11. The van der Waals surface area contributed by atoms with Crippen LogP contribution in [0.5, 0.6) is 0 Å². The van der Waals surface area contributed by atoms with Gasteiger partial charge >= 0.3 is 11.7 Å². The van der Waals surface area contributed by atoms with Gasteiger partial charge in [-0.1, -0.05) is 29.8 Å². The van der Waals surface area contributed by atoms with Crippen molar-refractivity contribution < 1.29 is 14.3 Å². The Kier molecular flexibility index (Phi) is 5.21. The molecule has 8 nitrogen and oxygen atoms in total. The van der Waals surface area contributed by atoms with Crippen LogP contribution in [0, 0.1) is 6.92 Å². The summed E-state index contributed by atoms with van der Waals surface area (Å²) in [6.45, 7) is 1.31. The number of nitrogens with two attached hydrogens (primary N) is 1. The SMILES string of the molecule is Cc1ccc(CC(=O)OCC(=O)c2c(N)n(C)c(=O)n(C)c2=O)cc1. The van der Waals surface area contributed by atoms with Crippen molar-refractivity contribution in [3.05, 3.63) is 61.8 Å². The molecule has 0 unspecified atom stereocenters. The minimum Gasteiger partial charge on any atom is -0.457 e. The number of benzene rings is 1. The van der Waals surface area contributed by atoms with E-state index in [2.05, 4.69) is 0 Å². The van der Waals surface area contributed by atoms with Gasteiger partial charge in [0.15, 0.2) is 6.61 Å². The Morgan fingerprint density at radius 1 is 1.08 bits per heavy atom. The Bertz CT molecular complexity index is 938. The van der Waals surface area contributed by atoms with Gasteiger partial charge in [-0.15, -0.1) is 0 Å². The maximum atomic E-state index is 12.2. The van der Waals surface area contributed by atoms with Crippen molar-refractivity contribution in [2.24, 2.45) is 14.1 Å². The van der Waals surface area contributed by atoms with E-state index in [4.69, 9.17) is 10.5 Å². The van der Waals surface area contributed by atoms with Crippen LogP contribution >= 0.6 is 0 Å². The average molecular weight is 345 g/mol. The second-order valence-corrected chi connectivity index (χ2v) is 5.71. The quantitative estimate of drug-likeness (QED) is 0.600. The molecule has 0 spiro atoms. The second-order valence-electron chi connectivity index (χ2n) is 5.71. The van der Waals surface area contributed by atoms with E-state index >= 15 is 0 Å². The van der Waals surface area contributed by atoms with E-state index in [-0.39, 0.29) is 17.8 Å². The first kappa shape index (κ1) is 18.2. The highest BCUT2D eigenvalue weighted by atomic mass is 16.5. The number of Topliss-reactive ketones (excluding diaryl/α,β-unsaturated/α-hetero) is 1. The largest absolute Gasteiger partial charge is 0.457 e. The zero-order valence-electron chi connectivity index (χ0n) is 14.2. The van der Waals surface area contributed by atoms with Gasteiger partial charge in [0.2, 0.25) is 5.78 Å². The van der Waals surface area contributed by atoms with E-state index in [1.807, 2.05) is 19.1 Å². The third-order valence-corrected chi connectivity index (χ3v) is 3.82. The lowest BCUT2D eigenvalue weighted by molar-refractivity contribution is -0.141. The molecule has 0 aliphatic heterocycles. The molecule has 2 rings (SSSR count). The van der Waals surface area contributed by atoms with Crippen molar-refractivity contribution >= 4 is 17.6 Å². The van der Waals surface area contributed by atoms with Crippen LogP contribution in [0.2, 0.25) is 0 Å². The van der Waals surface area contributed by atoms with Crippen LogP contribution in [-0.2, 0) is 30.0 Å². The van der Waals surface area contributed by atoms with Gasteiger partial charge in [-0.05, 0) is 12.5 Å². The highest BCUT2D eigenvalue weighted by molar-refractivity contribution is 6.01. The Hall–Kier alpha value is -3.16. The number of ketones is 1. The lowest BCUT2D eigenvalue weighted by Crippen LogP contribution is -2.42. The van der Waals surface area contributed by atoms with Gasteiger partial charge < -0.3 is 10.5 Å². The summed E-state index contributed by atoms with van der Waals surface area (Å²) >= 11 is 0. The number of rotatable bonds is 5. The van der Waals surface area contributed by atoms with Crippen LogP contribution in [0.4, 0.5) is 5.82 Å². The summed E-state index contributed by atoms with van der Waals surface area (Å²) in [5.41, 5.74) is 5.67. The Labute approximate surface area is 143 Å².